The van der Waals surface area contributed by atoms with Crippen molar-refractivity contribution < 1.29 is 4.74 Å². The number of fused-ring (bicyclic) bond motifs is 1. The first kappa shape index (κ1) is 10.8. The molecule has 0 spiro atoms. The van der Waals surface area contributed by atoms with Gasteiger partial charge in [-0.05, 0) is 24.5 Å². The second kappa shape index (κ2) is 4.90. The Labute approximate surface area is 95.2 Å². The van der Waals surface area contributed by atoms with E-state index in [2.05, 4.69) is 12.3 Å². The molecule has 0 saturated heterocycles. The Morgan fingerprint density at radius 3 is 3.07 bits per heavy atom. The summed E-state index contributed by atoms with van der Waals surface area (Å²) in [6.07, 6.45) is 4.44. The predicted octanol–water partition coefficient (Wildman–Crippen LogP) is 2.59. The van der Waals surface area contributed by atoms with Crippen molar-refractivity contribution in [3.63, 3.8) is 0 Å². The third-order valence-corrected chi connectivity index (χ3v) is 3.42. The molecule has 2 N–H and O–H groups in total. The zero-order chi connectivity index (χ0) is 10.7. The lowest BCUT2D eigenvalue weighted by atomic mass is 9.96. The summed E-state index contributed by atoms with van der Waals surface area (Å²) >= 11 is 1.86. The Hall–Kier alpha value is -0.670. The number of hydrogen-bond acceptors (Lipinski definition) is 3. The van der Waals surface area contributed by atoms with Gasteiger partial charge in [0.25, 0.3) is 0 Å². The van der Waals surface area contributed by atoms with Crippen LogP contribution in [-0.2, 0) is 0 Å². The number of thioether (sulfide) groups is 1. The monoisotopic (exact) mass is 223 g/mol. The molecule has 2 rings (SSSR count). The highest BCUT2D eigenvalue weighted by Crippen LogP contribution is 2.34. The van der Waals surface area contributed by atoms with E-state index in [0.717, 1.165) is 29.9 Å². The van der Waals surface area contributed by atoms with Crippen molar-refractivity contribution >= 4 is 11.8 Å². The highest BCUT2D eigenvalue weighted by Gasteiger charge is 2.24. The summed E-state index contributed by atoms with van der Waals surface area (Å²) in [5, 5.41) is 0. The van der Waals surface area contributed by atoms with Crippen LogP contribution < -0.4 is 10.5 Å². The molecule has 15 heavy (non-hydrogen) atoms. The summed E-state index contributed by atoms with van der Waals surface area (Å²) < 4.78 is 5.91. The zero-order valence-electron chi connectivity index (χ0n) is 8.98. The number of ether oxygens (including phenoxy) is 1. The van der Waals surface area contributed by atoms with Gasteiger partial charge in [0.1, 0.15) is 11.9 Å². The molecular weight excluding hydrogens is 206 g/mol. The van der Waals surface area contributed by atoms with Crippen molar-refractivity contribution in [3.05, 3.63) is 29.8 Å². The van der Waals surface area contributed by atoms with Crippen molar-refractivity contribution in [2.24, 2.45) is 5.73 Å². The summed E-state index contributed by atoms with van der Waals surface area (Å²) in [5.41, 5.74) is 7.27. The van der Waals surface area contributed by atoms with Gasteiger partial charge >= 0.3 is 0 Å². The van der Waals surface area contributed by atoms with Crippen LogP contribution in [0.4, 0.5) is 0 Å². The van der Waals surface area contributed by atoms with Crippen LogP contribution in [0.3, 0.4) is 0 Å². The van der Waals surface area contributed by atoms with Crippen LogP contribution in [0.15, 0.2) is 24.3 Å². The lowest BCUT2D eigenvalue weighted by Gasteiger charge is -2.30. The Bertz CT molecular complexity index is 329. The molecule has 1 aromatic rings. The van der Waals surface area contributed by atoms with Crippen LogP contribution in [0.25, 0.3) is 0 Å². The average molecular weight is 223 g/mol. The van der Waals surface area contributed by atoms with Gasteiger partial charge in [0, 0.05) is 18.0 Å². The zero-order valence-corrected chi connectivity index (χ0v) is 9.80. The van der Waals surface area contributed by atoms with E-state index in [1.165, 1.54) is 0 Å². The maximum Gasteiger partial charge on any atom is 0.124 e. The van der Waals surface area contributed by atoms with E-state index in [1.807, 2.05) is 30.0 Å². The fraction of sp³-hybridized carbons (Fsp3) is 0.500. The molecule has 0 fully saturated rings. The molecule has 0 saturated carbocycles. The Balaban J connectivity index is 2.08. The molecule has 0 aliphatic carbocycles. The minimum Gasteiger partial charge on any atom is -0.490 e. The van der Waals surface area contributed by atoms with Crippen molar-refractivity contribution in [2.45, 2.75) is 25.0 Å². The van der Waals surface area contributed by atoms with Gasteiger partial charge in [0.05, 0.1) is 0 Å². The maximum absolute atomic E-state index is 6.12. The first-order valence-corrected chi connectivity index (χ1v) is 6.70. The fourth-order valence-electron chi connectivity index (χ4n) is 1.96. The molecule has 0 aromatic heterocycles. The van der Waals surface area contributed by atoms with Gasteiger partial charge in [-0.25, -0.2) is 0 Å². The van der Waals surface area contributed by atoms with Crippen LogP contribution >= 0.6 is 11.8 Å². The fourth-order valence-corrected chi connectivity index (χ4v) is 2.46. The van der Waals surface area contributed by atoms with Gasteiger partial charge in [-0.15, -0.1) is 0 Å². The number of hydrogen-bond donors (Lipinski definition) is 1. The van der Waals surface area contributed by atoms with Crippen LogP contribution in [0, 0.1) is 0 Å². The second-order valence-electron chi connectivity index (χ2n) is 3.90. The molecule has 1 aliphatic rings. The summed E-state index contributed by atoms with van der Waals surface area (Å²) in [5.74, 6) is 2.11. The van der Waals surface area contributed by atoms with Crippen LogP contribution in [0.5, 0.6) is 5.75 Å². The van der Waals surface area contributed by atoms with E-state index < -0.39 is 0 Å². The summed E-state index contributed by atoms with van der Waals surface area (Å²) in [4.78, 5) is 0. The van der Waals surface area contributed by atoms with E-state index in [1.54, 1.807) is 0 Å². The molecule has 1 aromatic carbocycles. The van der Waals surface area contributed by atoms with Gasteiger partial charge < -0.3 is 10.5 Å². The van der Waals surface area contributed by atoms with Crippen molar-refractivity contribution in [3.8, 4) is 5.75 Å². The van der Waals surface area contributed by atoms with Gasteiger partial charge in [-0.3, -0.25) is 0 Å². The molecule has 1 heterocycles. The topological polar surface area (TPSA) is 35.2 Å². The van der Waals surface area contributed by atoms with Crippen molar-refractivity contribution in [1.29, 1.82) is 0 Å². The number of benzene rings is 1. The quantitative estimate of drug-likeness (QED) is 0.855. The summed E-state index contributed by atoms with van der Waals surface area (Å²) in [6.45, 7) is 0. The van der Waals surface area contributed by atoms with E-state index in [-0.39, 0.29) is 6.04 Å². The minimum atomic E-state index is 0.141. The lowest BCUT2D eigenvalue weighted by Crippen LogP contribution is -2.29. The molecule has 1 unspecified atom stereocenters. The summed E-state index contributed by atoms with van der Waals surface area (Å²) in [6, 6.07) is 8.24. The van der Waals surface area contributed by atoms with Gasteiger partial charge in [0.2, 0.25) is 0 Å². The average Bonchev–Trinajstić information content (AvgIpc) is 2.26. The Morgan fingerprint density at radius 1 is 1.47 bits per heavy atom. The van der Waals surface area contributed by atoms with Crippen LogP contribution in [-0.4, -0.2) is 18.1 Å². The van der Waals surface area contributed by atoms with Crippen LogP contribution in [0.2, 0.25) is 0 Å². The molecule has 0 radical (unpaired) electrons. The molecule has 0 bridgehead atoms. The van der Waals surface area contributed by atoms with E-state index >= 15 is 0 Å². The van der Waals surface area contributed by atoms with E-state index in [9.17, 15) is 0 Å². The van der Waals surface area contributed by atoms with Gasteiger partial charge in [-0.1, -0.05) is 18.2 Å². The molecule has 2 atom stereocenters. The molecule has 0 amide bonds. The second-order valence-corrected chi connectivity index (χ2v) is 4.89. The van der Waals surface area contributed by atoms with E-state index in [4.69, 9.17) is 10.5 Å². The van der Waals surface area contributed by atoms with Crippen LogP contribution in [0.1, 0.15) is 24.4 Å². The first-order chi connectivity index (χ1) is 7.31. The van der Waals surface area contributed by atoms with E-state index in [0.29, 0.717) is 6.10 Å². The van der Waals surface area contributed by atoms with Gasteiger partial charge in [-0.2, -0.15) is 11.8 Å². The number of para-hydroxylation sites is 1. The van der Waals surface area contributed by atoms with Crippen molar-refractivity contribution in [1.82, 2.24) is 0 Å². The standard InChI is InChI=1S/C12H17NOS/c1-15-7-6-9-8-11(13)10-4-2-3-5-12(10)14-9/h2-5,9,11H,6-8,13H2,1H3/t9?,11-/m1/s1. The number of rotatable bonds is 3. The lowest BCUT2D eigenvalue weighted by molar-refractivity contribution is 0.156. The van der Waals surface area contributed by atoms with Gasteiger partial charge in [0.15, 0.2) is 0 Å². The summed E-state index contributed by atoms with van der Waals surface area (Å²) in [7, 11) is 0. The smallest absolute Gasteiger partial charge is 0.124 e. The molecule has 82 valence electrons. The maximum atomic E-state index is 6.12. The highest BCUT2D eigenvalue weighted by molar-refractivity contribution is 7.98. The third-order valence-electron chi connectivity index (χ3n) is 2.77. The number of nitrogens with two attached hydrogens (primary N) is 1. The Morgan fingerprint density at radius 2 is 2.27 bits per heavy atom. The first-order valence-electron chi connectivity index (χ1n) is 5.31. The van der Waals surface area contributed by atoms with Crippen molar-refractivity contribution in [2.75, 3.05) is 12.0 Å². The third kappa shape index (κ3) is 2.47. The predicted molar refractivity (Wildman–Crippen MR) is 65.4 cm³/mol. The minimum absolute atomic E-state index is 0.141. The SMILES string of the molecule is CSCCC1C[C@@H](N)c2ccccc2O1. The Kier molecular flexibility index (Phi) is 3.54. The normalized spacial score (nSPS) is 24.4. The molecule has 3 heteroatoms. The largest absolute Gasteiger partial charge is 0.490 e. The molecule has 1 aliphatic heterocycles. The highest BCUT2D eigenvalue weighted by atomic mass is 32.2. The molecular formula is C12H17NOS. The molecule has 2 nitrogen and oxygen atoms in total.